The molecule has 0 amide bonds. The van der Waals surface area contributed by atoms with Gasteiger partial charge < -0.3 is 9.45 Å². The first kappa shape index (κ1) is 17.0. The smallest absolute Gasteiger partial charge is 0.726 e. The van der Waals surface area contributed by atoms with E-state index in [1.807, 2.05) is 17.9 Å². The standard InChI is InChI=1S/C12H16N6O4S/c1-2-18(6-7-22-23(19,20)21)11-5-3-4-10(8-11)15-17-12-13-9-14-16-12/h3-5,8-9H,2,6-7H2,1H3,(H,13,14,16)(H,19,20,21). The van der Waals surface area contributed by atoms with E-state index >= 15 is 0 Å². The van der Waals surface area contributed by atoms with Gasteiger partial charge in [0.25, 0.3) is 5.95 Å². The lowest BCUT2D eigenvalue weighted by Crippen LogP contribution is -2.27. The van der Waals surface area contributed by atoms with Gasteiger partial charge in [-0.25, -0.2) is 13.5 Å². The Balaban J connectivity index is 0.00000288. The van der Waals surface area contributed by atoms with Crippen LogP contribution in [0.5, 0.6) is 0 Å². The summed E-state index contributed by atoms with van der Waals surface area (Å²) < 4.78 is 35.6. The molecule has 0 aliphatic carbocycles. The van der Waals surface area contributed by atoms with Crippen LogP contribution in [0.4, 0.5) is 17.3 Å². The molecule has 0 aliphatic heterocycles. The van der Waals surface area contributed by atoms with Crippen molar-refractivity contribution in [2.24, 2.45) is 10.2 Å². The van der Waals surface area contributed by atoms with E-state index in [4.69, 9.17) is 0 Å². The van der Waals surface area contributed by atoms with Crippen LogP contribution in [-0.4, -0.2) is 47.8 Å². The van der Waals surface area contributed by atoms with Crippen molar-refractivity contribution in [3.63, 3.8) is 0 Å². The molecule has 1 aromatic heterocycles. The quantitative estimate of drug-likeness (QED) is 0.438. The zero-order chi connectivity index (χ0) is 16.7. The maximum Gasteiger partial charge on any atom is 1.00 e. The Bertz CT molecular complexity index is 753. The second-order valence-electron chi connectivity index (χ2n) is 4.34. The van der Waals surface area contributed by atoms with E-state index in [-0.39, 0.29) is 20.5 Å². The van der Waals surface area contributed by atoms with Gasteiger partial charge in [0, 0.05) is 18.8 Å². The van der Waals surface area contributed by atoms with Crippen molar-refractivity contribution in [2.45, 2.75) is 6.92 Å². The van der Waals surface area contributed by atoms with E-state index in [1.54, 1.807) is 18.2 Å². The Morgan fingerprint density at radius 3 is 2.91 bits per heavy atom. The average molecular weight is 340 g/mol. The molecule has 124 valence electrons. The first-order valence-corrected chi connectivity index (χ1v) is 8.03. The molecule has 0 saturated carbocycles. The summed E-state index contributed by atoms with van der Waals surface area (Å²) in [7, 11) is -4.68. The number of H-pyrrole nitrogens is 1. The zero-order valence-electron chi connectivity index (χ0n) is 13.3. The van der Waals surface area contributed by atoms with E-state index in [2.05, 4.69) is 29.6 Å². The topological polar surface area (TPSA) is 136 Å². The molecule has 0 bridgehead atoms. The summed E-state index contributed by atoms with van der Waals surface area (Å²) in [5.74, 6) is 0.289. The normalized spacial score (nSPS) is 11.9. The third-order valence-electron chi connectivity index (χ3n) is 2.83. The highest BCUT2D eigenvalue weighted by atomic mass is 32.3. The molecular weight excluding hydrogens is 324 g/mol. The summed E-state index contributed by atoms with van der Waals surface area (Å²) in [5.41, 5.74) is 1.39. The number of likely N-dealkylation sites (N-methyl/N-ethyl adjacent to an activating group) is 1. The number of aromatic amines is 1. The lowest BCUT2D eigenvalue weighted by molar-refractivity contribution is 0.266. The van der Waals surface area contributed by atoms with Crippen LogP contribution in [0.15, 0.2) is 40.8 Å². The summed E-state index contributed by atoms with van der Waals surface area (Å²) in [6.45, 7) is 2.53. The summed E-state index contributed by atoms with van der Waals surface area (Å²) >= 11 is 0. The van der Waals surface area contributed by atoms with Crippen molar-refractivity contribution in [1.29, 1.82) is 0 Å². The maximum absolute atomic E-state index is 10.5. The second kappa shape index (κ2) is 7.76. The molecule has 0 atom stereocenters. The number of hydrogen-bond donors (Lipinski definition) is 1. The monoisotopic (exact) mass is 340 g/mol. The fourth-order valence-electron chi connectivity index (χ4n) is 1.82. The Labute approximate surface area is 134 Å². The van der Waals surface area contributed by atoms with Crippen molar-refractivity contribution in [3.05, 3.63) is 30.6 Å². The van der Waals surface area contributed by atoms with Crippen LogP contribution < -0.4 is 4.90 Å². The molecule has 2 aromatic rings. The molecule has 0 fully saturated rings. The lowest BCUT2D eigenvalue weighted by atomic mass is 10.2. The van der Waals surface area contributed by atoms with Crippen molar-refractivity contribution in [1.82, 2.24) is 15.2 Å². The predicted molar refractivity (Wildman–Crippen MR) is 81.6 cm³/mol. The SMILES string of the molecule is CCN(CCOS(=O)(=O)[O-])c1cccc(N=Nc2ncn[nH]2)c1.[H+]. The Hall–Kier alpha value is -2.37. The van der Waals surface area contributed by atoms with Crippen LogP contribution in [0.2, 0.25) is 0 Å². The molecule has 1 heterocycles. The minimum absolute atomic E-state index is 0. The Morgan fingerprint density at radius 1 is 1.43 bits per heavy atom. The Morgan fingerprint density at radius 2 is 2.26 bits per heavy atom. The van der Waals surface area contributed by atoms with Gasteiger partial charge in [0.05, 0.1) is 12.3 Å². The lowest BCUT2D eigenvalue weighted by Gasteiger charge is -2.23. The number of anilines is 1. The highest BCUT2D eigenvalue weighted by Gasteiger charge is 2.06. The molecule has 10 nitrogen and oxygen atoms in total. The van der Waals surface area contributed by atoms with E-state index < -0.39 is 10.4 Å². The number of nitrogens with one attached hydrogen (secondary N) is 1. The van der Waals surface area contributed by atoms with Crippen LogP contribution in [-0.2, 0) is 14.6 Å². The first-order valence-electron chi connectivity index (χ1n) is 6.70. The average Bonchev–Trinajstić information content (AvgIpc) is 3.02. The zero-order valence-corrected chi connectivity index (χ0v) is 13.1. The van der Waals surface area contributed by atoms with Gasteiger partial charge in [-0.2, -0.15) is 10.1 Å². The summed E-state index contributed by atoms with van der Waals surface area (Å²) in [6.07, 6.45) is 1.33. The molecule has 0 unspecified atom stereocenters. The predicted octanol–water partition coefficient (Wildman–Crippen LogP) is 1.64. The van der Waals surface area contributed by atoms with Gasteiger partial charge in [-0.1, -0.05) is 6.07 Å². The van der Waals surface area contributed by atoms with Crippen molar-refractivity contribution < 1.29 is 18.6 Å². The summed E-state index contributed by atoms with van der Waals surface area (Å²) in [4.78, 5) is 5.67. The molecule has 1 N–H and O–H groups in total. The van der Waals surface area contributed by atoms with Gasteiger partial charge >= 0.3 is 1.43 Å². The van der Waals surface area contributed by atoms with E-state index in [0.29, 0.717) is 12.2 Å². The van der Waals surface area contributed by atoms with Crippen LogP contribution in [0.3, 0.4) is 0 Å². The number of aromatic nitrogens is 3. The van der Waals surface area contributed by atoms with E-state index in [1.165, 1.54) is 6.33 Å². The van der Waals surface area contributed by atoms with Gasteiger partial charge in [-0.3, -0.25) is 4.18 Å². The van der Waals surface area contributed by atoms with Gasteiger partial charge in [-0.05, 0) is 25.1 Å². The summed E-state index contributed by atoms with van der Waals surface area (Å²) in [5, 5.41) is 14.1. The third kappa shape index (κ3) is 5.73. The van der Waals surface area contributed by atoms with Gasteiger partial charge in [0.15, 0.2) is 0 Å². The minimum atomic E-state index is -4.68. The van der Waals surface area contributed by atoms with Crippen LogP contribution >= 0.6 is 0 Å². The van der Waals surface area contributed by atoms with E-state index in [9.17, 15) is 13.0 Å². The molecule has 0 aliphatic rings. The van der Waals surface area contributed by atoms with Gasteiger partial charge in [0.2, 0.25) is 10.4 Å². The van der Waals surface area contributed by atoms with Crippen LogP contribution in [0.1, 0.15) is 8.35 Å². The number of benzene rings is 1. The molecular formula is C12H16N6O4S. The van der Waals surface area contributed by atoms with Crippen LogP contribution in [0.25, 0.3) is 0 Å². The first-order chi connectivity index (χ1) is 11.0. The fraction of sp³-hybridized carbons (Fsp3) is 0.333. The number of rotatable bonds is 8. The van der Waals surface area contributed by atoms with Crippen molar-refractivity contribution in [2.75, 3.05) is 24.6 Å². The molecule has 0 saturated heterocycles. The number of nitrogens with zero attached hydrogens (tertiary/aromatic N) is 5. The fourth-order valence-corrected chi connectivity index (χ4v) is 2.10. The molecule has 2 rings (SSSR count). The minimum Gasteiger partial charge on any atom is -0.726 e. The molecule has 1 aromatic carbocycles. The largest absolute Gasteiger partial charge is 1.00 e. The summed E-state index contributed by atoms with van der Waals surface area (Å²) in [6, 6.07) is 7.16. The van der Waals surface area contributed by atoms with Crippen LogP contribution in [0, 0.1) is 0 Å². The highest BCUT2D eigenvalue weighted by molar-refractivity contribution is 7.80. The van der Waals surface area contributed by atoms with Crippen molar-refractivity contribution >= 4 is 27.7 Å². The molecule has 0 spiro atoms. The van der Waals surface area contributed by atoms with Gasteiger partial charge in [0.1, 0.15) is 6.33 Å². The molecule has 11 heteroatoms. The second-order valence-corrected chi connectivity index (χ2v) is 5.39. The number of azo groups is 1. The number of hydrogen-bond acceptors (Lipinski definition) is 9. The highest BCUT2D eigenvalue weighted by Crippen LogP contribution is 2.22. The van der Waals surface area contributed by atoms with Gasteiger partial charge in [-0.15, -0.1) is 10.2 Å². The Kier molecular flexibility index (Phi) is 5.73. The third-order valence-corrected chi connectivity index (χ3v) is 3.28. The maximum atomic E-state index is 10.5. The molecule has 0 radical (unpaired) electrons. The van der Waals surface area contributed by atoms with E-state index in [0.717, 1.165) is 5.69 Å². The molecule has 23 heavy (non-hydrogen) atoms. The van der Waals surface area contributed by atoms with Crippen molar-refractivity contribution in [3.8, 4) is 0 Å².